The number of hydrogen-bond donors (Lipinski definition) is 1. The van der Waals surface area contributed by atoms with Crippen molar-refractivity contribution >= 4 is 18.1 Å². The summed E-state index contributed by atoms with van der Waals surface area (Å²) in [6, 6.07) is 10.4. The van der Waals surface area contributed by atoms with Crippen molar-refractivity contribution in [3.05, 3.63) is 63.2 Å². The molecule has 0 fully saturated rings. The Morgan fingerprint density at radius 3 is 2.46 bits per heavy atom. The molecule has 1 aliphatic rings. The van der Waals surface area contributed by atoms with Crippen molar-refractivity contribution in [3.63, 3.8) is 0 Å². The van der Waals surface area contributed by atoms with E-state index >= 15 is 0 Å². The van der Waals surface area contributed by atoms with Gasteiger partial charge in [0.15, 0.2) is 11.5 Å². The highest BCUT2D eigenvalue weighted by Crippen LogP contribution is 2.39. The number of para-hydroxylation sites is 1. The molecule has 0 spiro atoms. The summed E-state index contributed by atoms with van der Waals surface area (Å²) < 4.78 is 10.7. The molecule has 0 radical (unpaired) electrons. The first-order valence-corrected chi connectivity index (χ1v) is 7.37. The van der Waals surface area contributed by atoms with Crippen molar-refractivity contribution in [3.8, 4) is 11.5 Å². The van der Waals surface area contributed by atoms with Crippen LogP contribution in [0.1, 0.15) is 22.7 Å². The second kappa shape index (κ2) is 7.51. The normalized spacial score (nSPS) is 15.8. The van der Waals surface area contributed by atoms with Crippen LogP contribution in [0.3, 0.4) is 0 Å². The summed E-state index contributed by atoms with van der Waals surface area (Å²) in [6.45, 7) is 0.749. The van der Waals surface area contributed by atoms with Gasteiger partial charge in [0.2, 0.25) is 0 Å². The van der Waals surface area contributed by atoms with Gasteiger partial charge in [-0.1, -0.05) is 18.2 Å². The van der Waals surface area contributed by atoms with Crippen LogP contribution in [0, 0.1) is 10.1 Å². The van der Waals surface area contributed by atoms with Crippen molar-refractivity contribution in [2.75, 3.05) is 20.8 Å². The molecule has 0 aromatic heterocycles. The maximum atomic E-state index is 11.3. The van der Waals surface area contributed by atoms with Crippen molar-refractivity contribution in [2.45, 2.75) is 12.5 Å². The van der Waals surface area contributed by atoms with E-state index in [0.717, 1.165) is 24.1 Å². The third-order valence-corrected chi connectivity index (χ3v) is 4.14. The third kappa shape index (κ3) is 3.16. The number of rotatable bonds is 4. The number of nitrogens with one attached hydrogen (secondary N) is 1. The number of methoxy groups -OCH3 is 2. The van der Waals surface area contributed by atoms with Gasteiger partial charge < -0.3 is 14.8 Å². The third-order valence-electron chi connectivity index (χ3n) is 4.14. The van der Waals surface area contributed by atoms with Crippen LogP contribution in [0.5, 0.6) is 11.5 Å². The highest BCUT2D eigenvalue weighted by molar-refractivity contribution is 5.85. The average molecular weight is 351 g/mol. The number of fused-ring (bicyclic) bond motifs is 1. The Hall–Kier alpha value is -2.31. The summed E-state index contributed by atoms with van der Waals surface area (Å²) in [5.41, 5.74) is 2.88. The molecule has 24 heavy (non-hydrogen) atoms. The van der Waals surface area contributed by atoms with Gasteiger partial charge in [-0.3, -0.25) is 10.1 Å². The van der Waals surface area contributed by atoms with Crippen LogP contribution in [-0.4, -0.2) is 25.7 Å². The Bertz CT molecular complexity index is 751. The largest absolute Gasteiger partial charge is 0.493 e. The zero-order valence-corrected chi connectivity index (χ0v) is 14.3. The SMILES string of the molecule is COc1cc2c(cc1OC)C(c1ccccc1[N+](=O)[O-])NCC2.Cl. The van der Waals surface area contributed by atoms with Crippen LogP contribution in [-0.2, 0) is 6.42 Å². The van der Waals surface area contributed by atoms with Crippen molar-refractivity contribution in [2.24, 2.45) is 0 Å². The fourth-order valence-electron chi connectivity index (χ4n) is 3.06. The summed E-state index contributed by atoms with van der Waals surface area (Å²) in [7, 11) is 3.19. The summed E-state index contributed by atoms with van der Waals surface area (Å²) in [5, 5.41) is 14.7. The van der Waals surface area contributed by atoms with Gasteiger partial charge in [0.25, 0.3) is 5.69 Å². The molecule has 3 rings (SSSR count). The fourth-order valence-corrected chi connectivity index (χ4v) is 3.06. The second-order valence-corrected chi connectivity index (χ2v) is 5.36. The van der Waals surface area contributed by atoms with Crippen molar-refractivity contribution in [1.82, 2.24) is 5.32 Å². The zero-order valence-electron chi connectivity index (χ0n) is 13.4. The van der Waals surface area contributed by atoms with Gasteiger partial charge in [-0.05, 0) is 29.7 Å². The molecule has 0 saturated heterocycles. The van der Waals surface area contributed by atoms with E-state index in [1.165, 1.54) is 6.07 Å². The molecule has 0 aliphatic carbocycles. The van der Waals surface area contributed by atoms with Crippen LogP contribution < -0.4 is 14.8 Å². The lowest BCUT2D eigenvalue weighted by atomic mass is 9.88. The molecular formula is C17H19ClN2O4. The number of nitro benzene ring substituents is 1. The number of halogens is 1. The van der Waals surface area contributed by atoms with E-state index in [0.29, 0.717) is 17.1 Å². The minimum absolute atomic E-state index is 0. The molecule has 2 aromatic carbocycles. The Balaban J connectivity index is 0.00000208. The molecule has 1 aliphatic heterocycles. The van der Waals surface area contributed by atoms with Crippen LogP contribution in [0.25, 0.3) is 0 Å². The monoisotopic (exact) mass is 350 g/mol. The molecule has 128 valence electrons. The first-order valence-electron chi connectivity index (χ1n) is 7.37. The number of benzene rings is 2. The molecule has 1 atom stereocenters. The van der Waals surface area contributed by atoms with Crippen molar-refractivity contribution < 1.29 is 14.4 Å². The van der Waals surface area contributed by atoms with Crippen LogP contribution >= 0.6 is 12.4 Å². The van der Waals surface area contributed by atoms with Gasteiger partial charge in [0.1, 0.15) is 0 Å². The minimum Gasteiger partial charge on any atom is -0.493 e. The van der Waals surface area contributed by atoms with Gasteiger partial charge in [0.05, 0.1) is 30.7 Å². The first kappa shape index (κ1) is 18.0. The summed E-state index contributed by atoms with van der Waals surface area (Å²) in [5.74, 6) is 1.30. The van der Waals surface area contributed by atoms with Gasteiger partial charge in [0, 0.05) is 12.6 Å². The van der Waals surface area contributed by atoms with Gasteiger partial charge in [-0.2, -0.15) is 0 Å². The highest BCUT2D eigenvalue weighted by Gasteiger charge is 2.28. The minimum atomic E-state index is -0.341. The van der Waals surface area contributed by atoms with Crippen LogP contribution in [0.4, 0.5) is 5.69 Å². The molecule has 1 N–H and O–H groups in total. The quantitative estimate of drug-likeness (QED) is 0.676. The van der Waals surface area contributed by atoms with Gasteiger partial charge in [-0.15, -0.1) is 12.4 Å². The lowest BCUT2D eigenvalue weighted by Crippen LogP contribution is -2.31. The standard InChI is InChI=1S/C17H18N2O4.ClH/c1-22-15-9-11-7-8-18-17(13(11)10-16(15)23-2)12-5-3-4-6-14(12)19(20)21;/h3-6,9-10,17-18H,7-8H2,1-2H3;1H. The Morgan fingerprint density at radius 1 is 1.12 bits per heavy atom. The predicted molar refractivity (Wildman–Crippen MR) is 93.4 cm³/mol. The average Bonchev–Trinajstić information content (AvgIpc) is 2.59. The molecular weight excluding hydrogens is 332 g/mol. The lowest BCUT2D eigenvalue weighted by molar-refractivity contribution is -0.385. The number of ether oxygens (including phenoxy) is 2. The highest BCUT2D eigenvalue weighted by atomic mass is 35.5. The smallest absolute Gasteiger partial charge is 0.274 e. The van der Waals surface area contributed by atoms with E-state index in [9.17, 15) is 10.1 Å². The molecule has 0 saturated carbocycles. The second-order valence-electron chi connectivity index (χ2n) is 5.36. The molecule has 1 unspecified atom stereocenters. The van der Waals surface area contributed by atoms with E-state index in [-0.39, 0.29) is 29.1 Å². The lowest BCUT2D eigenvalue weighted by Gasteiger charge is -2.28. The van der Waals surface area contributed by atoms with E-state index in [1.54, 1.807) is 26.4 Å². The summed E-state index contributed by atoms with van der Waals surface area (Å²) in [4.78, 5) is 11.0. The topological polar surface area (TPSA) is 73.6 Å². The first-order chi connectivity index (χ1) is 11.2. The van der Waals surface area contributed by atoms with Gasteiger partial charge in [-0.25, -0.2) is 0 Å². The van der Waals surface area contributed by atoms with E-state index < -0.39 is 0 Å². The molecule has 1 heterocycles. The van der Waals surface area contributed by atoms with Crippen LogP contribution in [0.2, 0.25) is 0 Å². The Labute approximate surface area is 146 Å². The van der Waals surface area contributed by atoms with Crippen LogP contribution in [0.15, 0.2) is 36.4 Å². The number of nitrogens with zero attached hydrogens (tertiary/aromatic N) is 1. The molecule has 2 aromatic rings. The summed E-state index contributed by atoms with van der Waals surface area (Å²) in [6.07, 6.45) is 0.840. The maximum absolute atomic E-state index is 11.3. The number of nitro groups is 1. The molecule has 0 amide bonds. The molecule has 0 bridgehead atoms. The molecule has 7 heteroatoms. The van der Waals surface area contributed by atoms with E-state index in [2.05, 4.69) is 5.32 Å². The van der Waals surface area contributed by atoms with E-state index in [4.69, 9.17) is 9.47 Å². The zero-order chi connectivity index (χ0) is 16.4. The van der Waals surface area contributed by atoms with Gasteiger partial charge >= 0.3 is 0 Å². The number of hydrogen-bond acceptors (Lipinski definition) is 5. The summed E-state index contributed by atoms with van der Waals surface area (Å²) >= 11 is 0. The van der Waals surface area contributed by atoms with Crippen molar-refractivity contribution in [1.29, 1.82) is 0 Å². The Kier molecular flexibility index (Phi) is 5.64. The maximum Gasteiger partial charge on any atom is 0.274 e. The molecule has 6 nitrogen and oxygen atoms in total. The fraction of sp³-hybridized carbons (Fsp3) is 0.294. The Morgan fingerprint density at radius 2 is 1.79 bits per heavy atom. The van der Waals surface area contributed by atoms with E-state index in [1.807, 2.05) is 18.2 Å². The predicted octanol–water partition coefficient (Wildman–Crippen LogP) is 3.27.